The van der Waals surface area contributed by atoms with Crippen LogP contribution in [0.15, 0.2) is 30.3 Å². The third-order valence-corrected chi connectivity index (χ3v) is 4.47. The second kappa shape index (κ2) is 6.25. The Morgan fingerprint density at radius 3 is 2.65 bits per heavy atom. The molecule has 0 unspecified atom stereocenters. The summed E-state index contributed by atoms with van der Waals surface area (Å²) in [4.78, 5) is 38.1. The van der Waals surface area contributed by atoms with Gasteiger partial charge in [0.2, 0.25) is 0 Å². The number of hydrogen-bond acceptors (Lipinski definition) is 5. The van der Waals surface area contributed by atoms with Gasteiger partial charge in [0.25, 0.3) is 11.8 Å². The zero-order valence-corrected chi connectivity index (χ0v) is 13.6. The maximum atomic E-state index is 13.0. The summed E-state index contributed by atoms with van der Waals surface area (Å²) in [6.45, 7) is 0.932. The van der Waals surface area contributed by atoms with E-state index in [2.05, 4.69) is 14.9 Å². The number of hydrogen-bond donors (Lipinski definition) is 1. The summed E-state index contributed by atoms with van der Waals surface area (Å²) in [6.07, 6.45) is -0.628. The Labute approximate surface area is 147 Å². The fourth-order valence-corrected chi connectivity index (χ4v) is 3.04. The van der Waals surface area contributed by atoms with Crippen LogP contribution in [0, 0.1) is 11.7 Å². The minimum absolute atomic E-state index is 0.0352. The zero-order valence-electron chi connectivity index (χ0n) is 13.6. The van der Waals surface area contributed by atoms with Gasteiger partial charge in [-0.05, 0) is 30.3 Å². The number of cyclic esters (lactones) is 1. The number of likely N-dealkylation sites (tertiary alicyclic amines) is 1. The smallest absolute Gasteiger partial charge is 0.417 e. The fourth-order valence-electron chi connectivity index (χ4n) is 3.04. The van der Waals surface area contributed by atoms with E-state index in [1.54, 1.807) is 23.1 Å². The summed E-state index contributed by atoms with van der Waals surface area (Å²) in [5, 5.41) is 6.79. The number of imide groups is 1. The Hall–Kier alpha value is -3.23. The first-order valence-electron chi connectivity index (χ1n) is 8.09. The Morgan fingerprint density at radius 1 is 1.27 bits per heavy atom. The van der Waals surface area contributed by atoms with Crippen molar-refractivity contribution < 1.29 is 23.5 Å². The second-order valence-electron chi connectivity index (χ2n) is 6.31. The molecule has 0 saturated carbocycles. The Kier molecular flexibility index (Phi) is 3.90. The number of nitrogens with one attached hydrogen (secondary N) is 1. The van der Waals surface area contributed by atoms with Crippen LogP contribution in [0.4, 0.5) is 9.18 Å². The molecule has 2 fully saturated rings. The summed E-state index contributed by atoms with van der Waals surface area (Å²) < 4.78 is 17.6. The van der Waals surface area contributed by atoms with E-state index in [1.807, 2.05) is 0 Å². The van der Waals surface area contributed by atoms with E-state index in [4.69, 9.17) is 0 Å². The predicted octanol–water partition coefficient (Wildman–Crippen LogP) is 1.27. The molecule has 8 nitrogen and oxygen atoms in total. The van der Waals surface area contributed by atoms with Crippen molar-refractivity contribution in [3.05, 3.63) is 41.8 Å². The Balaban J connectivity index is 1.35. The molecule has 0 aliphatic carbocycles. The van der Waals surface area contributed by atoms with Crippen molar-refractivity contribution in [1.82, 2.24) is 20.0 Å². The van der Waals surface area contributed by atoms with E-state index in [0.717, 1.165) is 4.90 Å². The van der Waals surface area contributed by atoms with Crippen molar-refractivity contribution in [1.29, 1.82) is 0 Å². The molecule has 2 aromatic rings. The second-order valence-corrected chi connectivity index (χ2v) is 6.31. The lowest BCUT2D eigenvalue weighted by molar-refractivity contribution is -0.126. The van der Waals surface area contributed by atoms with Crippen LogP contribution in [-0.2, 0) is 9.53 Å². The summed E-state index contributed by atoms with van der Waals surface area (Å²) in [6, 6.07) is 7.45. The molecule has 1 N–H and O–H groups in total. The van der Waals surface area contributed by atoms with Gasteiger partial charge in [0, 0.05) is 31.1 Å². The number of carbonyl (C=O) groups excluding carboxylic acids is 3. The van der Waals surface area contributed by atoms with Crippen LogP contribution in [0.5, 0.6) is 0 Å². The molecule has 9 heteroatoms. The highest BCUT2D eigenvalue weighted by Gasteiger charge is 2.38. The molecule has 0 radical (unpaired) electrons. The predicted molar refractivity (Wildman–Crippen MR) is 86.4 cm³/mol. The zero-order chi connectivity index (χ0) is 18.3. The number of aromatic amines is 1. The topological polar surface area (TPSA) is 95.6 Å². The molecular formula is C17H15FN4O4. The standard InChI is InChI=1S/C17H15FN4O4/c18-12-3-1-11(2-4-12)13-5-14(20-19-13)16(24)21-6-10(7-21)8-22-15(23)9-26-17(22)25/h1-5,10H,6-9H2,(H,19,20). The maximum absolute atomic E-state index is 13.0. The minimum atomic E-state index is -0.628. The summed E-state index contributed by atoms with van der Waals surface area (Å²) >= 11 is 0. The summed E-state index contributed by atoms with van der Waals surface area (Å²) in [7, 11) is 0. The van der Waals surface area contributed by atoms with Gasteiger partial charge < -0.3 is 9.64 Å². The van der Waals surface area contributed by atoms with E-state index < -0.39 is 6.09 Å². The molecule has 0 atom stereocenters. The van der Waals surface area contributed by atoms with Gasteiger partial charge in [0.1, 0.15) is 11.5 Å². The summed E-state index contributed by atoms with van der Waals surface area (Å²) in [5.74, 6) is -0.865. The number of benzene rings is 1. The monoisotopic (exact) mass is 358 g/mol. The molecule has 2 saturated heterocycles. The molecule has 26 heavy (non-hydrogen) atoms. The van der Waals surface area contributed by atoms with E-state index in [0.29, 0.717) is 30.0 Å². The van der Waals surface area contributed by atoms with Gasteiger partial charge in [-0.3, -0.25) is 14.7 Å². The first-order valence-corrected chi connectivity index (χ1v) is 8.09. The molecule has 4 rings (SSSR count). The van der Waals surface area contributed by atoms with E-state index in [9.17, 15) is 18.8 Å². The summed E-state index contributed by atoms with van der Waals surface area (Å²) in [5.41, 5.74) is 1.59. The van der Waals surface area contributed by atoms with Crippen LogP contribution < -0.4 is 0 Å². The lowest BCUT2D eigenvalue weighted by Gasteiger charge is -2.39. The van der Waals surface area contributed by atoms with Crippen molar-refractivity contribution in [3.8, 4) is 11.3 Å². The number of halogens is 1. The first-order chi connectivity index (χ1) is 12.5. The number of nitrogens with zero attached hydrogens (tertiary/aromatic N) is 3. The van der Waals surface area contributed by atoms with E-state index in [1.165, 1.54) is 12.1 Å². The highest BCUT2D eigenvalue weighted by Crippen LogP contribution is 2.23. The van der Waals surface area contributed by atoms with Crippen molar-refractivity contribution in [2.45, 2.75) is 0 Å². The number of aromatic nitrogens is 2. The van der Waals surface area contributed by atoms with Crippen LogP contribution in [0.2, 0.25) is 0 Å². The first kappa shape index (κ1) is 16.2. The van der Waals surface area contributed by atoms with Gasteiger partial charge >= 0.3 is 6.09 Å². The molecule has 1 aromatic heterocycles. The average Bonchev–Trinajstić information content (AvgIpc) is 3.19. The van der Waals surface area contributed by atoms with Crippen LogP contribution in [0.1, 0.15) is 10.5 Å². The molecule has 0 spiro atoms. The fraction of sp³-hybridized carbons (Fsp3) is 0.294. The molecule has 3 amide bonds. The van der Waals surface area contributed by atoms with Crippen molar-refractivity contribution in [3.63, 3.8) is 0 Å². The lowest BCUT2D eigenvalue weighted by Crippen LogP contribution is -2.54. The van der Waals surface area contributed by atoms with Crippen molar-refractivity contribution in [2.24, 2.45) is 5.92 Å². The van der Waals surface area contributed by atoms with Gasteiger partial charge in [0.05, 0.1) is 5.69 Å². The van der Waals surface area contributed by atoms with Crippen LogP contribution in [0.25, 0.3) is 11.3 Å². The van der Waals surface area contributed by atoms with E-state index in [-0.39, 0.29) is 36.7 Å². The number of carbonyl (C=O) groups is 3. The molecule has 1 aromatic carbocycles. The normalized spacial score (nSPS) is 17.4. The molecule has 0 bridgehead atoms. The number of amides is 3. The quantitative estimate of drug-likeness (QED) is 0.888. The number of H-pyrrole nitrogens is 1. The number of ether oxygens (including phenoxy) is 1. The van der Waals surface area contributed by atoms with Crippen LogP contribution in [0.3, 0.4) is 0 Å². The molecule has 3 heterocycles. The molecular weight excluding hydrogens is 343 g/mol. The van der Waals surface area contributed by atoms with Gasteiger partial charge in [-0.2, -0.15) is 5.10 Å². The Morgan fingerprint density at radius 2 is 2.00 bits per heavy atom. The van der Waals surface area contributed by atoms with Crippen LogP contribution >= 0.6 is 0 Å². The lowest BCUT2D eigenvalue weighted by atomic mass is 9.99. The third kappa shape index (κ3) is 2.92. The van der Waals surface area contributed by atoms with Crippen molar-refractivity contribution >= 4 is 17.9 Å². The highest BCUT2D eigenvalue weighted by molar-refractivity contribution is 5.98. The van der Waals surface area contributed by atoms with Gasteiger partial charge in [-0.25, -0.2) is 14.1 Å². The highest BCUT2D eigenvalue weighted by atomic mass is 19.1. The average molecular weight is 358 g/mol. The largest absolute Gasteiger partial charge is 0.439 e. The van der Waals surface area contributed by atoms with Crippen molar-refractivity contribution in [2.75, 3.05) is 26.2 Å². The third-order valence-electron chi connectivity index (χ3n) is 4.47. The van der Waals surface area contributed by atoms with Gasteiger partial charge in [-0.1, -0.05) is 0 Å². The Bertz CT molecular complexity index is 857. The SMILES string of the molecule is O=C(c1cc(-c2ccc(F)cc2)n[nH]1)N1CC(CN2C(=O)COC2=O)C1. The molecule has 134 valence electrons. The van der Waals surface area contributed by atoms with E-state index >= 15 is 0 Å². The molecule has 2 aliphatic heterocycles. The van der Waals surface area contributed by atoms with Gasteiger partial charge in [0.15, 0.2) is 6.61 Å². The maximum Gasteiger partial charge on any atom is 0.417 e. The number of rotatable bonds is 4. The molecule has 2 aliphatic rings. The van der Waals surface area contributed by atoms with Gasteiger partial charge in [-0.15, -0.1) is 0 Å². The minimum Gasteiger partial charge on any atom is -0.439 e. The van der Waals surface area contributed by atoms with Crippen LogP contribution in [-0.4, -0.2) is 64.1 Å².